The molecule has 0 rings (SSSR count). The Morgan fingerprint density at radius 3 is 2.67 bits per heavy atom. The molecule has 0 aromatic carbocycles. The largest absolute Gasteiger partial charge is 0.466 e. The number of hydrogen-bond acceptors (Lipinski definition) is 5. The number of rotatable bonds is 6. The van der Waals surface area contributed by atoms with Gasteiger partial charge in [-0.3, -0.25) is 0 Å². The molecule has 0 aromatic heterocycles. The van der Waals surface area contributed by atoms with Crippen molar-refractivity contribution in [1.29, 1.82) is 0 Å². The molecule has 0 amide bonds. The molecule has 0 aliphatic rings. The predicted molar refractivity (Wildman–Crippen MR) is 58.3 cm³/mol. The van der Waals surface area contributed by atoms with Gasteiger partial charge in [-0.15, -0.1) is 0 Å². The molecule has 2 N–H and O–H groups in total. The van der Waals surface area contributed by atoms with E-state index in [1.54, 1.807) is 6.92 Å². The summed E-state index contributed by atoms with van der Waals surface area (Å²) in [6.07, 6.45) is 2.74. The smallest absolute Gasteiger partial charge is 0.331 e. The standard InChI is InChI=1S/C10H20N2O3/c1-10(14,8-12(2)3)7-11-6-5-9(13)15-4/h5-6,11,14H,7-8H2,1-4H3/b6-5+. The number of methoxy groups -OCH3 is 1. The van der Waals surface area contributed by atoms with E-state index in [4.69, 9.17) is 0 Å². The average Bonchev–Trinajstić information content (AvgIpc) is 2.10. The average molecular weight is 216 g/mol. The normalized spacial score (nSPS) is 15.3. The molecule has 0 aliphatic heterocycles. The molecule has 1 atom stereocenters. The Bertz CT molecular complexity index is 225. The third-order valence-corrected chi connectivity index (χ3v) is 1.68. The predicted octanol–water partition coefficient (Wildman–Crippen LogP) is -0.425. The van der Waals surface area contributed by atoms with Crippen LogP contribution >= 0.6 is 0 Å². The fraction of sp³-hybridized carbons (Fsp3) is 0.700. The minimum atomic E-state index is -0.829. The van der Waals surface area contributed by atoms with Gasteiger partial charge in [-0.25, -0.2) is 4.79 Å². The summed E-state index contributed by atoms with van der Waals surface area (Å²) < 4.78 is 4.41. The number of hydrogen-bond donors (Lipinski definition) is 2. The molecule has 0 saturated carbocycles. The zero-order valence-electron chi connectivity index (χ0n) is 9.78. The number of carbonyl (C=O) groups excluding carboxylic acids is 1. The van der Waals surface area contributed by atoms with Gasteiger partial charge >= 0.3 is 5.97 Å². The summed E-state index contributed by atoms with van der Waals surface area (Å²) >= 11 is 0. The van der Waals surface area contributed by atoms with E-state index in [0.717, 1.165) is 0 Å². The van der Waals surface area contributed by atoms with E-state index >= 15 is 0 Å². The third-order valence-electron chi connectivity index (χ3n) is 1.68. The van der Waals surface area contributed by atoms with Crippen molar-refractivity contribution in [3.8, 4) is 0 Å². The summed E-state index contributed by atoms with van der Waals surface area (Å²) in [4.78, 5) is 12.6. The van der Waals surface area contributed by atoms with E-state index in [-0.39, 0.29) is 0 Å². The highest BCUT2D eigenvalue weighted by atomic mass is 16.5. The Kier molecular flexibility index (Phi) is 5.96. The number of likely N-dealkylation sites (N-methyl/N-ethyl adjacent to an activating group) is 1. The lowest BCUT2D eigenvalue weighted by Gasteiger charge is -2.26. The highest BCUT2D eigenvalue weighted by Gasteiger charge is 2.19. The fourth-order valence-electron chi connectivity index (χ4n) is 1.21. The topological polar surface area (TPSA) is 61.8 Å². The molecule has 0 aliphatic carbocycles. The van der Waals surface area contributed by atoms with E-state index in [1.165, 1.54) is 19.4 Å². The van der Waals surface area contributed by atoms with Crippen LogP contribution in [0, 0.1) is 0 Å². The molecule has 5 nitrogen and oxygen atoms in total. The summed E-state index contributed by atoms with van der Waals surface area (Å²) in [6.45, 7) is 2.65. The van der Waals surface area contributed by atoms with E-state index in [2.05, 4.69) is 10.1 Å². The van der Waals surface area contributed by atoms with Crippen LogP contribution in [0.2, 0.25) is 0 Å². The first-order valence-electron chi connectivity index (χ1n) is 4.72. The van der Waals surface area contributed by atoms with Crippen LogP contribution < -0.4 is 5.32 Å². The van der Waals surface area contributed by atoms with Gasteiger partial charge in [-0.1, -0.05) is 0 Å². The maximum absolute atomic E-state index is 10.7. The van der Waals surface area contributed by atoms with Crippen LogP contribution in [0.25, 0.3) is 0 Å². The summed E-state index contributed by atoms with van der Waals surface area (Å²) in [5.41, 5.74) is -0.829. The Balaban J connectivity index is 3.84. The van der Waals surface area contributed by atoms with Crippen LogP contribution in [0.1, 0.15) is 6.92 Å². The maximum Gasteiger partial charge on any atom is 0.331 e. The van der Waals surface area contributed by atoms with Crippen molar-refractivity contribution in [2.45, 2.75) is 12.5 Å². The second kappa shape index (κ2) is 6.42. The molecule has 0 fully saturated rings. The van der Waals surface area contributed by atoms with E-state index in [0.29, 0.717) is 13.1 Å². The molecule has 15 heavy (non-hydrogen) atoms. The molecule has 0 radical (unpaired) electrons. The summed E-state index contributed by atoms with van der Waals surface area (Å²) in [5, 5.41) is 12.7. The second-order valence-electron chi connectivity index (χ2n) is 3.97. The van der Waals surface area contributed by atoms with Gasteiger partial charge in [0.1, 0.15) is 0 Å². The van der Waals surface area contributed by atoms with Crippen LogP contribution in [0.3, 0.4) is 0 Å². The van der Waals surface area contributed by atoms with Crippen LogP contribution in [0.4, 0.5) is 0 Å². The molecule has 5 heteroatoms. The number of nitrogens with zero attached hydrogens (tertiary/aromatic N) is 1. The highest BCUT2D eigenvalue weighted by Crippen LogP contribution is 2.02. The summed E-state index contributed by atoms with van der Waals surface area (Å²) in [5.74, 6) is -0.422. The van der Waals surface area contributed by atoms with Crippen molar-refractivity contribution in [1.82, 2.24) is 10.2 Å². The lowest BCUT2D eigenvalue weighted by Crippen LogP contribution is -2.44. The first kappa shape index (κ1) is 13.9. The van der Waals surface area contributed by atoms with Crippen LogP contribution in [-0.2, 0) is 9.53 Å². The number of ether oxygens (including phenoxy) is 1. The Labute approximate surface area is 90.7 Å². The quantitative estimate of drug-likeness (QED) is 0.466. The number of carbonyl (C=O) groups is 1. The van der Waals surface area contributed by atoms with E-state index < -0.39 is 11.6 Å². The van der Waals surface area contributed by atoms with Gasteiger partial charge in [0.25, 0.3) is 0 Å². The van der Waals surface area contributed by atoms with Crippen molar-refractivity contribution >= 4 is 5.97 Å². The molecule has 88 valence electrons. The molecule has 0 spiro atoms. The van der Waals surface area contributed by atoms with Gasteiger partial charge < -0.3 is 20.1 Å². The maximum atomic E-state index is 10.7. The second-order valence-corrected chi connectivity index (χ2v) is 3.97. The SMILES string of the molecule is COC(=O)/C=C/NCC(C)(O)CN(C)C. The first-order chi connectivity index (χ1) is 6.87. The van der Waals surface area contributed by atoms with Crippen molar-refractivity contribution < 1.29 is 14.6 Å². The van der Waals surface area contributed by atoms with Gasteiger partial charge in [0, 0.05) is 25.4 Å². The van der Waals surface area contributed by atoms with Gasteiger partial charge in [-0.2, -0.15) is 0 Å². The number of aliphatic hydroxyl groups is 1. The minimum absolute atomic E-state index is 0.374. The van der Waals surface area contributed by atoms with Gasteiger partial charge in [0.05, 0.1) is 12.7 Å². The van der Waals surface area contributed by atoms with E-state index in [9.17, 15) is 9.90 Å². The van der Waals surface area contributed by atoms with Gasteiger partial charge in [-0.05, 0) is 21.0 Å². The lowest BCUT2D eigenvalue weighted by atomic mass is 10.1. The Morgan fingerprint density at radius 1 is 1.60 bits per heavy atom. The molecule has 0 bridgehead atoms. The lowest BCUT2D eigenvalue weighted by molar-refractivity contribution is -0.134. The molecule has 0 heterocycles. The van der Waals surface area contributed by atoms with Crippen molar-refractivity contribution in [3.05, 3.63) is 12.3 Å². The Morgan fingerprint density at radius 2 is 2.20 bits per heavy atom. The zero-order chi connectivity index (χ0) is 11.9. The van der Waals surface area contributed by atoms with Crippen molar-refractivity contribution in [2.75, 3.05) is 34.3 Å². The van der Waals surface area contributed by atoms with Crippen molar-refractivity contribution in [2.24, 2.45) is 0 Å². The van der Waals surface area contributed by atoms with E-state index in [1.807, 2.05) is 19.0 Å². The number of nitrogens with one attached hydrogen (secondary N) is 1. The monoisotopic (exact) mass is 216 g/mol. The third kappa shape index (κ3) is 7.96. The fourth-order valence-corrected chi connectivity index (χ4v) is 1.21. The molecule has 0 saturated heterocycles. The van der Waals surface area contributed by atoms with Gasteiger partial charge in [0.2, 0.25) is 0 Å². The molecular weight excluding hydrogens is 196 g/mol. The number of esters is 1. The summed E-state index contributed by atoms with van der Waals surface area (Å²) in [7, 11) is 5.09. The summed E-state index contributed by atoms with van der Waals surface area (Å²) in [6, 6.07) is 0. The minimum Gasteiger partial charge on any atom is -0.466 e. The van der Waals surface area contributed by atoms with Crippen LogP contribution in [0.5, 0.6) is 0 Å². The molecule has 1 unspecified atom stereocenters. The van der Waals surface area contributed by atoms with Gasteiger partial charge in [0.15, 0.2) is 0 Å². The Hall–Kier alpha value is -1.07. The van der Waals surface area contributed by atoms with Crippen LogP contribution in [0.15, 0.2) is 12.3 Å². The molecule has 0 aromatic rings. The van der Waals surface area contributed by atoms with Crippen LogP contribution in [-0.4, -0.2) is 55.9 Å². The van der Waals surface area contributed by atoms with Crippen molar-refractivity contribution in [3.63, 3.8) is 0 Å². The zero-order valence-corrected chi connectivity index (χ0v) is 9.78. The molecular formula is C10H20N2O3. The highest BCUT2D eigenvalue weighted by molar-refractivity contribution is 5.81. The first-order valence-corrected chi connectivity index (χ1v) is 4.72.